The zero-order valence-corrected chi connectivity index (χ0v) is 13.5. The predicted molar refractivity (Wildman–Crippen MR) is 75.9 cm³/mol. The summed E-state index contributed by atoms with van der Waals surface area (Å²) < 4.78 is 36.0. The summed E-state index contributed by atoms with van der Waals surface area (Å²) >= 11 is 0. The molecule has 0 unspecified atom stereocenters. The fourth-order valence-electron chi connectivity index (χ4n) is 2.18. The third-order valence-electron chi connectivity index (χ3n) is 2.99. The summed E-state index contributed by atoms with van der Waals surface area (Å²) in [5.41, 5.74) is -0.606. The Kier molecular flexibility index (Phi) is 5.97. The van der Waals surface area contributed by atoms with E-state index in [1.807, 2.05) is 0 Å². The van der Waals surface area contributed by atoms with E-state index >= 15 is 0 Å². The summed E-state index contributed by atoms with van der Waals surface area (Å²) in [6.45, 7) is 6.11. The maximum absolute atomic E-state index is 12.3. The summed E-state index contributed by atoms with van der Waals surface area (Å²) in [7, 11) is -1.90. The van der Waals surface area contributed by atoms with Crippen molar-refractivity contribution in [2.45, 2.75) is 51.7 Å². The van der Waals surface area contributed by atoms with Gasteiger partial charge in [-0.25, -0.2) is 8.42 Å². The van der Waals surface area contributed by atoms with Gasteiger partial charge in [-0.2, -0.15) is 4.31 Å². The largest absolute Gasteiger partial charge is 0.459 e. The van der Waals surface area contributed by atoms with Crippen LogP contribution in [0.5, 0.6) is 0 Å². The summed E-state index contributed by atoms with van der Waals surface area (Å²) in [5.74, 6) is -0.453. The van der Waals surface area contributed by atoms with E-state index in [1.165, 1.54) is 11.4 Å². The number of carbonyl (C=O) groups excluding carboxylic acids is 1. The standard InChI is InChI=1S/C13H25NO5S/c1-13(2,3)19-12(15)11-7-5-8-14(11)20(16,17)10-6-9-18-4/h11H,5-10H2,1-4H3/t11-/m0/s1. The summed E-state index contributed by atoms with van der Waals surface area (Å²) in [6.07, 6.45) is 1.64. The number of esters is 1. The number of hydrogen-bond acceptors (Lipinski definition) is 5. The minimum atomic E-state index is -3.43. The maximum atomic E-state index is 12.3. The van der Waals surface area contributed by atoms with E-state index < -0.39 is 27.6 Å². The molecule has 0 aromatic rings. The molecular formula is C13H25NO5S. The van der Waals surface area contributed by atoms with Gasteiger partial charge in [-0.3, -0.25) is 4.79 Å². The topological polar surface area (TPSA) is 72.9 Å². The molecule has 1 fully saturated rings. The van der Waals surface area contributed by atoms with Crippen molar-refractivity contribution in [3.8, 4) is 0 Å². The Balaban J connectivity index is 2.71. The van der Waals surface area contributed by atoms with Crippen LogP contribution in [0.1, 0.15) is 40.0 Å². The van der Waals surface area contributed by atoms with Crippen LogP contribution in [-0.2, 0) is 24.3 Å². The summed E-state index contributed by atoms with van der Waals surface area (Å²) in [5, 5.41) is 0. The van der Waals surface area contributed by atoms with E-state index in [-0.39, 0.29) is 5.75 Å². The van der Waals surface area contributed by atoms with Crippen LogP contribution >= 0.6 is 0 Å². The lowest BCUT2D eigenvalue weighted by Gasteiger charge is -2.26. The molecule has 0 N–H and O–H groups in total. The van der Waals surface area contributed by atoms with Crippen molar-refractivity contribution in [3.05, 3.63) is 0 Å². The third-order valence-corrected chi connectivity index (χ3v) is 4.95. The van der Waals surface area contributed by atoms with Crippen LogP contribution in [0, 0.1) is 0 Å². The van der Waals surface area contributed by atoms with Crippen LogP contribution in [-0.4, -0.2) is 56.3 Å². The van der Waals surface area contributed by atoms with E-state index in [9.17, 15) is 13.2 Å². The normalized spacial score (nSPS) is 21.1. The number of rotatable bonds is 6. The predicted octanol–water partition coefficient (Wildman–Crippen LogP) is 1.16. The molecule has 118 valence electrons. The molecule has 0 amide bonds. The van der Waals surface area contributed by atoms with Gasteiger partial charge in [0.2, 0.25) is 10.0 Å². The van der Waals surface area contributed by atoms with Crippen molar-refractivity contribution in [1.29, 1.82) is 0 Å². The molecule has 1 aliphatic rings. The summed E-state index contributed by atoms with van der Waals surface area (Å²) in [6, 6.07) is -0.679. The van der Waals surface area contributed by atoms with E-state index in [2.05, 4.69) is 0 Å². The number of nitrogens with zero attached hydrogens (tertiary/aromatic N) is 1. The van der Waals surface area contributed by atoms with Crippen molar-refractivity contribution < 1.29 is 22.7 Å². The smallest absolute Gasteiger partial charge is 0.324 e. The minimum Gasteiger partial charge on any atom is -0.459 e. The van der Waals surface area contributed by atoms with Gasteiger partial charge in [0.25, 0.3) is 0 Å². The lowest BCUT2D eigenvalue weighted by molar-refractivity contribution is -0.158. The van der Waals surface area contributed by atoms with E-state index in [0.717, 1.165) is 0 Å². The van der Waals surface area contributed by atoms with Gasteiger partial charge in [0.1, 0.15) is 11.6 Å². The Morgan fingerprint density at radius 3 is 2.55 bits per heavy atom. The second-order valence-corrected chi connectivity index (χ2v) is 8.01. The molecule has 6 nitrogen and oxygen atoms in total. The van der Waals surface area contributed by atoms with E-state index in [1.54, 1.807) is 20.8 Å². The van der Waals surface area contributed by atoms with Gasteiger partial charge >= 0.3 is 5.97 Å². The zero-order chi connectivity index (χ0) is 15.4. The van der Waals surface area contributed by atoms with Gasteiger partial charge in [0.15, 0.2) is 0 Å². The Bertz CT molecular complexity index is 427. The van der Waals surface area contributed by atoms with Crippen LogP contribution in [0.15, 0.2) is 0 Å². The maximum Gasteiger partial charge on any atom is 0.324 e. The van der Waals surface area contributed by atoms with Gasteiger partial charge < -0.3 is 9.47 Å². The fourth-order valence-corrected chi connectivity index (χ4v) is 3.89. The first-order valence-corrected chi connectivity index (χ1v) is 8.49. The molecule has 1 atom stereocenters. The first-order chi connectivity index (χ1) is 9.17. The Morgan fingerprint density at radius 1 is 1.35 bits per heavy atom. The molecule has 1 heterocycles. The lowest BCUT2D eigenvalue weighted by Crippen LogP contribution is -2.44. The monoisotopic (exact) mass is 307 g/mol. The fraction of sp³-hybridized carbons (Fsp3) is 0.923. The number of hydrogen-bond donors (Lipinski definition) is 0. The average Bonchev–Trinajstić information content (AvgIpc) is 2.76. The van der Waals surface area contributed by atoms with Crippen molar-refractivity contribution >= 4 is 16.0 Å². The van der Waals surface area contributed by atoms with Crippen LogP contribution in [0.2, 0.25) is 0 Å². The number of methoxy groups -OCH3 is 1. The highest BCUT2D eigenvalue weighted by Gasteiger charge is 2.40. The van der Waals surface area contributed by atoms with Crippen molar-refractivity contribution in [2.24, 2.45) is 0 Å². The SMILES string of the molecule is COCCCS(=O)(=O)N1CCC[C@H]1C(=O)OC(C)(C)C. The van der Waals surface area contributed by atoms with Crippen molar-refractivity contribution in [3.63, 3.8) is 0 Å². The molecule has 0 saturated carbocycles. The molecule has 20 heavy (non-hydrogen) atoms. The highest BCUT2D eigenvalue weighted by Crippen LogP contribution is 2.24. The first kappa shape index (κ1) is 17.4. The van der Waals surface area contributed by atoms with Gasteiger partial charge in [-0.1, -0.05) is 0 Å². The first-order valence-electron chi connectivity index (χ1n) is 6.89. The second kappa shape index (κ2) is 6.87. The Morgan fingerprint density at radius 2 is 2.00 bits per heavy atom. The van der Waals surface area contributed by atoms with Crippen LogP contribution < -0.4 is 0 Å². The zero-order valence-electron chi connectivity index (χ0n) is 12.7. The van der Waals surface area contributed by atoms with Crippen molar-refractivity contribution in [1.82, 2.24) is 4.31 Å². The lowest BCUT2D eigenvalue weighted by atomic mass is 10.2. The number of carbonyl (C=O) groups is 1. The average molecular weight is 307 g/mol. The molecule has 1 saturated heterocycles. The third kappa shape index (κ3) is 5.03. The van der Waals surface area contributed by atoms with Gasteiger partial charge in [-0.15, -0.1) is 0 Å². The highest BCUT2D eigenvalue weighted by molar-refractivity contribution is 7.89. The van der Waals surface area contributed by atoms with E-state index in [4.69, 9.17) is 9.47 Å². The molecule has 7 heteroatoms. The van der Waals surface area contributed by atoms with Crippen molar-refractivity contribution in [2.75, 3.05) is 26.0 Å². The highest BCUT2D eigenvalue weighted by atomic mass is 32.2. The molecular weight excluding hydrogens is 282 g/mol. The van der Waals surface area contributed by atoms with Crippen LogP contribution in [0.4, 0.5) is 0 Å². The van der Waals surface area contributed by atoms with Crippen LogP contribution in [0.25, 0.3) is 0 Å². The summed E-state index contributed by atoms with van der Waals surface area (Å²) in [4.78, 5) is 12.1. The molecule has 0 radical (unpaired) electrons. The van der Waals surface area contributed by atoms with Gasteiger partial charge in [0.05, 0.1) is 5.75 Å². The van der Waals surface area contributed by atoms with Gasteiger partial charge in [0, 0.05) is 20.3 Å². The number of sulfonamides is 1. The minimum absolute atomic E-state index is 0.000137. The molecule has 0 aromatic heterocycles. The second-order valence-electron chi connectivity index (χ2n) is 5.96. The Hall–Kier alpha value is -0.660. The molecule has 1 rings (SSSR count). The Labute approximate surface area is 121 Å². The molecule has 0 aromatic carbocycles. The van der Waals surface area contributed by atoms with Crippen LogP contribution in [0.3, 0.4) is 0 Å². The van der Waals surface area contributed by atoms with Gasteiger partial charge in [-0.05, 0) is 40.0 Å². The van der Waals surface area contributed by atoms with E-state index in [0.29, 0.717) is 32.4 Å². The molecule has 0 aliphatic carbocycles. The number of ether oxygens (including phenoxy) is 2. The quantitative estimate of drug-likeness (QED) is 0.544. The molecule has 1 aliphatic heterocycles. The molecule has 0 bridgehead atoms. The molecule has 0 spiro atoms.